The Morgan fingerprint density at radius 2 is 1.92 bits per heavy atom. The second-order valence-corrected chi connectivity index (χ2v) is 7.08. The molecule has 0 spiro atoms. The first-order valence-electron chi connectivity index (χ1n) is 7.13. The van der Waals surface area contributed by atoms with Crippen LogP contribution >= 0.6 is 23.1 Å². The average molecular weight is 377 g/mol. The lowest BCUT2D eigenvalue weighted by Crippen LogP contribution is -2.22. The molecule has 1 unspecified atom stereocenters. The summed E-state index contributed by atoms with van der Waals surface area (Å²) in [4.78, 5) is 38.8. The summed E-state index contributed by atoms with van der Waals surface area (Å²) in [5.41, 5.74) is 0.532. The van der Waals surface area contributed by atoms with E-state index in [2.05, 4.69) is 15.6 Å². The number of carboxylic acid groups (broad SMARTS) is 1. The number of carboxylic acids is 1. The van der Waals surface area contributed by atoms with E-state index in [1.54, 1.807) is 42.8 Å². The van der Waals surface area contributed by atoms with Crippen LogP contribution in [-0.2, 0) is 14.4 Å². The molecule has 2 aromatic rings. The molecule has 1 aromatic carbocycles. The van der Waals surface area contributed by atoms with Crippen LogP contribution in [0.15, 0.2) is 52.9 Å². The molecule has 0 bridgehead atoms. The molecule has 25 heavy (non-hydrogen) atoms. The Labute approximate surface area is 152 Å². The van der Waals surface area contributed by atoms with Crippen molar-refractivity contribution in [2.75, 3.05) is 10.6 Å². The SMILES string of the molecule is CC(Sc1ccc(NC(=O)/C=C/C(=O)O)cc1)C(=O)Nc1nccs1. The van der Waals surface area contributed by atoms with Gasteiger partial charge in [0.1, 0.15) is 0 Å². The van der Waals surface area contributed by atoms with Gasteiger partial charge in [0.25, 0.3) is 0 Å². The lowest BCUT2D eigenvalue weighted by molar-refractivity contribution is -0.131. The highest BCUT2D eigenvalue weighted by molar-refractivity contribution is 8.00. The van der Waals surface area contributed by atoms with Crippen LogP contribution in [-0.4, -0.2) is 33.1 Å². The molecule has 0 aliphatic carbocycles. The van der Waals surface area contributed by atoms with Crippen molar-refractivity contribution in [2.24, 2.45) is 0 Å². The van der Waals surface area contributed by atoms with E-state index in [1.165, 1.54) is 23.1 Å². The predicted octanol–water partition coefficient (Wildman–Crippen LogP) is 2.84. The highest BCUT2D eigenvalue weighted by Gasteiger charge is 2.15. The van der Waals surface area contributed by atoms with Crippen molar-refractivity contribution >= 4 is 51.7 Å². The third kappa shape index (κ3) is 6.40. The smallest absolute Gasteiger partial charge is 0.328 e. The van der Waals surface area contributed by atoms with Crippen molar-refractivity contribution < 1.29 is 19.5 Å². The number of aromatic nitrogens is 1. The zero-order chi connectivity index (χ0) is 18.2. The molecule has 0 saturated carbocycles. The molecular weight excluding hydrogens is 362 g/mol. The van der Waals surface area contributed by atoms with Crippen LogP contribution in [0.3, 0.4) is 0 Å². The van der Waals surface area contributed by atoms with Crippen molar-refractivity contribution in [2.45, 2.75) is 17.1 Å². The molecule has 3 N–H and O–H groups in total. The summed E-state index contributed by atoms with van der Waals surface area (Å²) in [5.74, 6) is -1.86. The summed E-state index contributed by atoms with van der Waals surface area (Å²) in [5, 5.41) is 15.8. The third-order valence-corrected chi connectivity index (χ3v) is 4.64. The van der Waals surface area contributed by atoms with Gasteiger partial charge in [0, 0.05) is 34.3 Å². The monoisotopic (exact) mass is 377 g/mol. The fourth-order valence-electron chi connectivity index (χ4n) is 1.70. The molecule has 130 valence electrons. The molecule has 0 fully saturated rings. The minimum Gasteiger partial charge on any atom is -0.478 e. The third-order valence-electron chi connectivity index (χ3n) is 2.84. The number of hydrogen-bond acceptors (Lipinski definition) is 6. The van der Waals surface area contributed by atoms with Crippen LogP contribution in [0.25, 0.3) is 0 Å². The number of carbonyl (C=O) groups excluding carboxylic acids is 2. The van der Waals surface area contributed by atoms with E-state index in [4.69, 9.17) is 5.11 Å². The maximum Gasteiger partial charge on any atom is 0.328 e. The Morgan fingerprint density at radius 3 is 2.52 bits per heavy atom. The van der Waals surface area contributed by atoms with Crippen molar-refractivity contribution in [3.05, 3.63) is 48.0 Å². The van der Waals surface area contributed by atoms with Gasteiger partial charge in [-0.15, -0.1) is 23.1 Å². The van der Waals surface area contributed by atoms with E-state index in [0.29, 0.717) is 10.8 Å². The van der Waals surface area contributed by atoms with Gasteiger partial charge in [-0.1, -0.05) is 0 Å². The van der Waals surface area contributed by atoms with Gasteiger partial charge in [0.05, 0.1) is 5.25 Å². The summed E-state index contributed by atoms with van der Waals surface area (Å²) in [6.45, 7) is 1.79. The molecular formula is C16H15N3O4S2. The van der Waals surface area contributed by atoms with Crippen LogP contribution < -0.4 is 10.6 Å². The van der Waals surface area contributed by atoms with Crippen LogP contribution in [0.4, 0.5) is 10.8 Å². The van der Waals surface area contributed by atoms with Gasteiger partial charge in [-0.25, -0.2) is 9.78 Å². The summed E-state index contributed by atoms with van der Waals surface area (Å²) in [6, 6.07) is 6.91. The number of thioether (sulfide) groups is 1. The van der Waals surface area contributed by atoms with Crippen molar-refractivity contribution in [1.29, 1.82) is 0 Å². The molecule has 1 atom stereocenters. The summed E-state index contributed by atoms with van der Waals surface area (Å²) < 4.78 is 0. The average Bonchev–Trinajstić information content (AvgIpc) is 3.07. The Bertz CT molecular complexity index is 773. The van der Waals surface area contributed by atoms with Gasteiger partial charge in [-0.05, 0) is 31.2 Å². The van der Waals surface area contributed by atoms with Gasteiger partial charge in [-0.2, -0.15) is 0 Å². The maximum atomic E-state index is 12.1. The molecule has 2 amide bonds. The Hall–Kier alpha value is -2.65. The number of anilines is 2. The fraction of sp³-hybridized carbons (Fsp3) is 0.125. The van der Waals surface area contributed by atoms with Crippen LogP contribution in [0.1, 0.15) is 6.92 Å². The van der Waals surface area contributed by atoms with Gasteiger partial charge < -0.3 is 15.7 Å². The topological polar surface area (TPSA) is 108 Å². The molecule has 0 saturated heterocycles. The van der Waals surface area contributed by atoms with Crippen LogP contribution in [0, 0.1) is 0 Å². The second kappa shape index (κ2) is 9.00. The quantitative estimate of drug-likeness (QED) is 0.506. The molecule has 0 aliphatic heterocycles. The van der Waals surface area contributed by atoms with E-state index in [1.807, 2.05) is 0 Å². The number of nitrogens with one attached hydrogen (secondary N) is 2. The van der Waals surface area contributed by atoms with Crippen molar-refractivity contribution in [1.82, 2.24) is 4.98 Å². The number of rotatable bonds is 7. The minimum absolute atomic E-state index is 0.142. The number of benzene rings is 1. The van der Waals surface area contributed by atoms with E-state index in [9.17, 15) is 14.4 Å². The molecule has 0 radical (unpaired) electrons. The standard InChI is InChI=1S/C16H15N3O4S2/c1-10(15(23)19-16-17-8-9-24-16)25-12-4-2-11(3-5-12)18-13(20)6-7-14(21)22/h2-10H,1H3,(H,18,20)(H,21,22)(H,17,19,23)/b7-6+. The first-order valence-corrected chi connectivity index (χ1v) is 8.89. The molecule has 0 aliphatic rings. The number of amides is 2. The van der Waals surface area contributed by atoms with Crippen molar-refractivity contribution in [3.8, 4) is 0 Å². The molecule has 9 heteroatoms. The molecule has 1 heterocycles. The number of thiazole rings is 1. The molecule has 7 nitrogen and oxygen atoms in total. The summed E-state index contributed by atoms with van der Waals surface area (Å²) in [7, 11) is 0. The normalized spacial score (nSPS) is 11.9. The lowest BCUT2D eigenvalue weighted by Gasteiger charge is -2.11. The highest BCUT2D eigenvalue weighted by atomic mass is 32.2. The first kappa shape index (κ1) is 18.7. The number of aliphatic carboxylic acids is 1. The molecule has 1 aromatic heterocycles. The van der Waals surface area contributed by atoms with Gasteiger partial charge in [0.2, 0.25) is 11.8 Å². The van der Waals surface area contributed by atoms with Gasteiger partial charge in [-0.3, -0.25) is 9.59 Å². The summed E-state index contributed by atoms with van der Waals surface area (Å²) >= 11 is 2.73. The zero-order valence-electron chi connectivity index (χ0n) is 13.1. The molecule has 2 rings (SSSR count). The highest BCUT2D eigenvalue weighted by Crippen LogP contribution is 2.25. The Kier molecular flexibility index (Phi) is 6.72. The number of carbonyl (C=O) groups is 3. The maximum absolute atomic E-state index is 12.1. The van der Waals surface area contributed by atoms with E-state index < -0.39 is 11.9 Å². The van der Waals surface area contributed by atoms with Crippen LogP contribution in [0.2, 0.25) is 0 Å². The number of nitrogens with zero attached hydrogens (tertiary/aromatic N) is 1. The summed E-state index contributed by atoms with van der Waals surface area (Å²) in [6.07, 6.45) is 3.33. The van der Waals surface area contributed by atoms with E-state index >= 15 is 0 Å². The van der Waals surface area contributed by atoms with Crippen molar-refractivity contribution in [3.63, 3.8) is 0 Å². The Balaban J connectivity index is 1.88. The van der Waals surface area contributed by atoms with E-state index in [-0.39, 0.29) is 11.2 Å². The largest absolute Gasteiger partial charge is 0.478 e. The fourth-order valence-corrected chi connectivity index (χ4v) is 3.10. The van der Waals surface area contributed by atoms with Crippen LogP contribution in [0.5, 0.6) is 0 Å². The number of hydrogen-bond donors (Lipinski definition) is 3. The van der Waals surface area contributed by atoms with Gasteiger partial charge >= 0.3 is 5.97 Å². The second-order valence-electron chi connectivity index (χ2n) is 4.77. The first-order chi connectivity index (χ1) is 11.9. The zero-order valence-corrected chi connectivity index (χ0v) is 14.8. The lowest BCUT2D eigenvalue weighted by atomic mass is 10.3. The van der Waals surface area contributed by atoms with E-state index in [0.717, 1.165) is 17.0 Å². The predicted molar refractivity (Wildman–Crippen MR) is 97.9 cm³/mol. The Morgan fingerprint density at radius 1 is 1.20 bits per heavy atom. The minimum atomic E-state index is -1.19. The van der Waals surface area contributed by atoms with Gasteiger partial charge in [0.15, 0.2) is 5.13 Å².